The molecule has 0 aliphatic carbocycles. The number of morpholine rings is 1. The molecule has 0 spiro atoms. The Morgan fingerprint density at radius 2 is 1.19 bits per heavy atom. The first kappa shape index (κ1) is 48.2. The molecule has 15 nitrogen and oxygen atoms in total. The van der Waals surface area contributed by atoms with Crippen LogP contribution in [0.1, 0.15) is 78.9 Å². The van der Waals surface area contributed by atoms with Crippen LogP contribution in [-0.2, 0) is 60.6 Å². The number of hydrogen-bond acceptors (Lipinski definition) is 11. The predicted molar refractivity (Wildman–Crippen MR) is 221 cm³/mol. The van der Waals surface area contributed by atoms with Gasteiger partial charge in [0, 0.05) is 33.4 Å². The van der Waals surface area contributed by atoms with Crippen LogP contribution >= 0.6 is 0 Å². The maximum Gasteiger partial charge on any atom is 0.303 e. The maximum absolute atomic E-state index is 14.3. The molecule has 1 aliphatic rings. The van der Waals surface area contributed by atoms with E-state index in [1.807, 2.05) is 69.0 Å². The van der Waals surface area contributed by atoms with E-state index in [4.69, 9.17) is 14.2 Å². The highest BCUT2D eigenvalue weighted by Crippen LogP contribution is 2.20. The first-order valence-corrected chi connectivity index (χ1v) is 20.4. The van der Waals surface area contributed by atoms with Crippen molar-refractivity contribution in [1.82, 2.24) is 26.2 Å². The summed E-state index contributed by atoms with van der Waals surface area (Å²) in [6.07, 6.45) is 1.16. The fraction of sp³-hybridized carbons (Fsp3) is 0.568. The Bertz CT molecular complexity index is 1700. The fourth-order valence-corrected chi connectivity index (χ4v) is 6.78. The Labute approximate surface area is 348 Å². The van der Waals surface area contributed by atoms with E-state index in [9.17, 15) is 33.6 Å². The topological polar surface area (TPSA) is 199 Å². The highest BCUT2D eigenvalue weighted by molar-refractivity contribution is 5.98. The number of esters is 2. The normalized spacial score (nSPS) is 16.1. The zero-order valence-electron chi connectivity index (χ0n) is 35.5. The predicted octanol–water partition coefficient (Wildman–Crippen LogP) is 2.68. The zero-order chi connectivity index (χ0) is 43.5. The third-order valence-corrected chi connectivity index (χ3v) is 9.72. The van der Waals surface area contributed by atoms with E-state index in [0.29, 0.717) is 38.3 Å². The summed E-state index contributed by atoms with van der Waals surface area (Å²) in [5.41, 5.74) is -0.218. The summed E-state index contributed by atoms with van der Waals surface area (Å²) in [5.74, 6) is -4.52. The average molecular weight is 822 g/mol. The lowest BCUT2D eigenvalue weighted by molar-refractivity contribution is -0.175. The lowest BCUT2D eigenvalue weighted by Crippen LogP contribution is -2.60. The summed E-state index contributed by atoms with van der Waals surface area (Å²) in [6.45, 7) is 12.8. The van der Waals surface area contributed by atoms with Gasteiger partial charge in [-0.15, -0.1) is 0 Å². The molecule has 0 radical (unpaired) electrons. The first-order chi connectivity index (χ1) is 27.9. The van der Waals surface area contributed by atoms with Gasteiger partial charge in [0.2, 0.25) is 35.0 Å². The van der Waals surface area contributed by atoms with Crippen molar-refractivity contribution in [3.05, 3.63) is 71.8 Å². The van der Waals surface area contributed by atoms with Crippen molar-refractivity contribution < 1.29 is 47.8 Å². The molecular formula is C44H63N5O10. The quantitative estimate of drug-likeness (QED) is 0.120. The van der Waals surface area contributed by atoms with Gasteiger partial charge >= 0.3 is 11.9 Å². The van der Waals surface area contributed by atoms with Gasteiger partial charge in [-0.3, -0.25) is 38.5 Å². The molecule has 4 N–H and O–H groups in total. The second-order valence-corrected chi connectivity index (χ2v) is 16.1. The molecule has 1 saturated heterocycles. The Balaban J connectivity index is 1.89. The van der Waals surface area contributed by atoms with E-state index in [-0.39, 0.29) is 50.0 Å². The smallest absolute Gasteiger partial charge is 0.303 e. The molecule has 3 rings (SSSR count). The lowest BCUT2D eigenvalue weighted by Gasteiger charge is -2.32. The molecule has 4 amide bonds. The molecule has 1 fully saturated rings. The van der Waals surface area contributed by atoms with E-state index >= 15 is 0 Å². The van der Waals surface area contributed by atoms with Crippen molar-refractivity contribution in [2.75, 3.05) is 39.5 Å². The van der Waals surface area contributed by atoms with Crippen LogP contribution in [0.2, 0.25) is 0 Å². The molecule has 2 unspecified atom stereocenters. The second-order valence-electron chi connectivity index (χ2n) is 16.1. The third-order valence-electron chi connectivity index (χ3n) is 9.72. The number of amides is 4. The van der Waals surface area contributed by atoms with Crippen molar-refractivity contribution in [2.24, 2.45) is 11.8 Å². The second kappa shape index (κ2) is 24.1. The highest BCUT2D eigenvalue weighted by atomic mass is 16.6. The van der Waals surface area contributed by atoms with E-state index < -0.39 is 71.8 Å². The Kier molecular flexibility index (Phi) is 19.7. The van der Waals surface area contributed by atoms with Crippen LogP contribution in [0.4, 0.5) is 0 Å². The van der Waals surface area contributed by atoms with E-state index in [1.54, 1.807) is 24.3 Å². The van der Waals surface area contributed by atoms with Gasteiger partial charge in [0.25, 0.3) is 0 Å². The van der Waals surface area contributed by atoms with Crippen LogP contribution < -0.4 is 21.3 Å². The summed E-state index contributed by atoms with van der Waals surface area (Å²) in [6, 6.07) is 14.1. The summed E-state index contributed by atoms with van der Waals surface area (Å²) < 4.78 is 15.9. The number of carbonyl (C=O) groups excluding carboxylic acids is 7. The monoisotopic (exact) mass is 821 g/mol. The Morgan fingerprint density at radius 3 is 1.75 bits per heavy atom. The number of ether oxygens (including phenoxy) is 3. The van der Waals surface area contributed by atoms with Crippen LogP contribution in [0.3, 0.4) is 0 Å². The van der Waals surface area contributed by atoms with Crippen molar-refractivity contribution in [3.8, 4) is 0 Å². The Hall–Kier alpha value is -5.15. The average Bonchev–Trinajstić information content (AvgIpc) is 3.18. The molecule has 0 bridgehead atoms. The zero-order valence-corrected chi connectivity index (χ0v) is 35.5. The lowest BCUT2D eigenvalue weighted by atomic mass is 9.89. The van der Waals surface area contributed by atoms with Crippen LogP contribution in [0, 0.1) is 11.8 Å². The minimum absolute atomic E-state index is 0.0370. The summed E-state index contributed by atoms with van der Waals surface area (Å²) in [7, 11) is 0. The van der Waals surface area contributed by atoms with Gasteiger partial charge in [-0.25, -0.2) is 0 Å². The molecule has 15 heteroatoms. The van der Waals surface area contributed by atoms with Crippen molar-refractivity contribution in [2.45, 2.75) is 110 Å². The van der Waals surface area contributed by atoms with Crippen molar-refractivity contribution in [1.29, 1.82) is 0 Å². The highest BCUT2D eigenvalue weighted by Gasteiger charge is 2.43. The molecule has 0 aromatic heterocycles. The standard InChI is InChI=1S/C44H63N5O10/c1-29(2)24-36(40(53)44(7,59-32(6)51)28-58-31(5)50)46-43(56)38(26-34-16-12-9-13-17-34)48-42(55)37(25-30(3)4)47-41(54)35(19-18-33-14-10-8-11-15-33)45-39(52)27-49-20-22-57-23-21-49/h8-17,29-30,35-38H,18-28H2,1-7H3,(H,45,52)(H,46,56)(H,47,54)(H,48,55)/t35-,36?,37?,38-,44+/m0/s1. The van der Waals surface area contributed by atoms with E-state index in [1.165, 1.54) is 6.92 Å². The van der Waals surface area contributed by atoms with Crippen LogP contribution in [0.25, 0.3) is 0 Å². The number of hydrogen-bond donors (Lipinski definition) is 4. The third kappa shape index (κ3) is 17.3. The van der Waals surface area contributed by atoms with E-state index in [2.05, 4.69) is 21.3 Å². The molecular weight excluding hydrogens is 759 g/mol. The van der Waals surface area contributed by atoms with Gasteiger partial charge in [0.15, 0.2) is 0 Å². The van der Waals surface area contributed by atoms with Gasteiger partial charge in [-0.2, -0.15) is 0 Å². The molecule has 59 heavy (non-hydrogen) atoms. The molecule has 5 atom stereocenters. The first-order valence-electron chi connectivity index (χ1n) is 20.4. The summed E-state index contributed by atoms with van der Waals surface area (Å²) in [5, 5.41) is 11.4. The number of ketones is 1. The molecule has 2 aromatic rings. The van der Waals surface area contributed by atoms with E-state index in [0.717, 1.165) is 19.4 Å². The summed E-state index contributed by atoms with van der Waals surface area (Å²) in [4.78, 5) is 95.6. The number of nitrogens with zero attached hydrogens (tertiary/aromatic N) is 1. The number of nitrogens with one attached hydrogen (secondary N) is 4. The molecule has 324 valence electrons. The van der Waals surface area contributed by atoms with Crippen LogP contribution in [0.15, 0.2) is 60.7 Å². The molecule has 0 saturated carbocycles. The van der Waals surface area contributed by atoms with Crippen molar-refractivity contribution >= 4 is 41.4 Å². The van der Waals surface area contributed by atoms with Gasteiger partial charge in [0.05, 0.1) is 25.8 Å². The molecule has 1 heterocycles. The molecule has 1 aliphatic heterocycles. The number of rotatable bonds is 23. The number of aryl methyl sites for hydroxylation is 1. The van der Waals surface area contributed by atoms with Gasteiger partial charge in [0.1, 0.15) is 24.7 Å². The SMILES string of the molecule is CC(=O)OC[C@@](C)(OC(C)=O)C(=O)C(CC(C)C)NC(=O)[C@H](Cc1ccccc1)NC(=O)C(CC(C)C)NC(=O)[C@H](CCc1ccccc1)NC(=O)CN1CCOCC1. The van der Waals surface area contributed by atoms with Crippen LogP contribution in [0.5, 0.6) is 0 Å². The van der Waals surface area contributed by atoms with Crippen LogP contribution in [-0.4, -0.2) is 115 Å². The molecule has 2 aromatic carbocycles. The van der Waals surface area contributed by atoms with Gasteiger partial charge in [-0.05, 0) is 55.6 Å². The summed E-state index contributed by atoms with van der Waals surface area (Å²) >= 11 is 0. The van der Waals surface area contributed by atoms with Crippen molar-refractivity contribution in [3.63, 3.8) is 0 Å². The maximum atomic E-state index is 14.3. The fourth-order valence-electron chi connectivity index (χ4n) is 6.78. The number of carbonyl (C=O) groups is 7. The minimum atomic E-state index is -1.91. The number of benzene rings is 2. The Morgan fingerprint density at radius 1 is 0.678 bits per heavy atom. The van der Waals surface area contributed by atoms with Gasteiger partial charge in [-0.1, -0.05) is 88.4 Å². The largest absolute Gasteiger partial charge is 0.461 e. The minimum Gasteiger partial charge on any atom is -0.461 e. The number of Topliss-reactive ketones (excluding diaryl/α,β-unsaturated/α-hetero) is 1. The van der Waals surface area contributed by atoms with Gasteiger partial charge < -0.3 is 35.5 Å².